The first-order chi connectivity index (χ1) is 12.6. The lowest BCUT2D eigenvalue weighted by atomic mass is 10.2. The number of aromatic nitrogens is 5. The molecule has 3 aromatic heterocycles. The quantitative estimate of drug-likeness (QED) is 0.581. The van der Waals surface area contributed by atoms with E-state index < -0.39 is 0 Å². The fraction of sp³-hybridized carbons (Fsp3) is 0.375. The number of carbonyl (C=O) groups excluding carboxylic acids is 1. The number of carbonyl (C=O) groups is 1. The summed E-state index contributed by atoms with van der Waals surface area (Å²) in [4.78, 5) is 24.2. The summed E-state index contributed by atoms with van der Waals surface area (Å²) < 4.78 is 10.2. The van der Waals surface area contributed by atoms with Gasteiger partial charge in [0.2, 0.25) is 17.6 Å². The van der Waals surface area contributed by atoms with E-state index in [0.717, 1.165) is 5.56 Å². The van der Waals surface area contributed by atoms with Crippen molar-refractivity contribution in [1.82, 2.24) is 30.7 Å². The molecule has 1 amide bonds. The molecular formula is C16H19N7O3. The summed E-state index contributed by atoms with van der Waals surface area (Å²) in [5.74, 6) is 1.62. The molecule has 136 valence electrons. The van der Waals surface area contributed by atoms with E-state index in [2.05, 4.69) is 36.1 Å². The van der Waals surface area contributed by atoms with Crippen LogP contribution in [0.1, 0.15) is 44.3 Å². The standard InChI is InChI=1S/C16H19N7O3/c1-10(2)14-18-13(25-22-14)5-3-4-12(24)20-21-16-19-15(23-26-16)11-6-8-17-9-7-11/h6-10H,3-5H2,1-2H3,(H,20,24)(H,19,21,23). The van der Waals surface area contributed by atoms with Crippen molar-refractivity contribution in [1.29, 1.82) is 0 Å². The van der Waals surface area contributed by atoms with Gasteiger partial charge in [0.1, 0.15) is 0 Å². The largest absolute Gasteiger partial charge is 0.340 e. The van der Waals surface area contributed by atoms with Crippen molar-refractivity contribution >= 4 is 11.9 Å². The van der Waals surface area contributed by atoms with Gasteiger partial charge in [-0.2, -0.15) is 9.97 Å². The molecule has 0 aliphatic heterocycles. The molecule has 0 bridgehead atoms. The Labute approximate surface area is 149 Å². The zero-order chi connectivity index (χ0) is 18.4. The minimum Gasteiger partial charge on any atom is -0.339 e. The number of pyridine rings is 1. The third-order valence-corrected chi connectivity index (χ3v) is 3.47. The number of hydrogen-bond acceptors (Lipinski definition) is 9. The molecule has 0 unspecified atom stereocenters. The summed E-state index contributed by atoms with van der Waals surface area (Å²) >= 11 is 0. The molecule has 26 heavy (non-hydrogen) atoms. The highest BCUT2D eigenvalue weighted by molar-refractivity contribution is 5.76. The van der Waals surface area contributed by atoms with Crippen molar-refractivity contribution in [2.45, 2.75) is 39.0 Å². The topological polar surface area (TPSA) is 132 Å². The predicted octanol–water partition coefficient (Wildman–Crippen LogP) is 2.10. The molecule has 0 saturated heterocycles. The Morgan fingerprint density at radius 3 is 2.69 bits per heavy atom. The predicted molar refractivity (Wildman–Crippen MR) is 90.6 cm³/mol. The molecule has 3 aromatic rings. The molecule has 0 aliphatic carbocycles. The van der Waals surface area contributed by atoms with E-state index in [9.17, 15) is 4.79 Å². The van der Waals surface area contributed by atoms with Crippen molar-refractivity contribution in [2.24, 2.45) is 0 Å². The van der Waals surface area contributed by atoms with Crippen LogP contribution in [0.15, 0.2) is 33.6 Å². The first-order valence-corrected chi connectivity index (χ1v) is 8.23. The molecule has 10 heteroatoms. The molecule has 10 nitrogen and oxygen atoms in total. The summed E-state index contributed by atoms with van der Waals surface area (Å²) in [5.41, 5.74) is 5.87. The number of nitrogens with one attached hydrogen (secondary N) is 2. The Hall–Kier alpha value is -3.30. The van der Waals surface area contributed by atoms with Crippen molar-refractivity contribution in [3.63, 3.8) is 0 Å². The molecule has 2 N–H and O–H groups in total. The summed E-state index contributed by atoms with van der Waals surface area (Å²) in [5, 5.41) is 7.71. The van der Waals surface area contributed by atoms with Gasteiger partial charge in [-0.1, -0.05) is 24.2 Å². The third-order valence-electron chi connectivity index (χ3n) is 3.47. The van der Waals surface area contributed by atoms with Gasteiger partial charge in [-0.3, -0.25) is 15.2 Å². The van der Waals surface area contributed by atoms with E-state index in [1.54, 1.807) is 24.5 Å². The van der Waals surface area contributed by atoms with Crippen LogP contribution < -0.4 is 10.9 Å². The monoisotopic (exact) mass is 357 g/mol. The lowest BCUT2D eigenvalue weighted by Gasteiger charge is -2.03. The van der Waals surface area contributed by atoms with Crippen LogP contribution in [0.4, 0.5) is 6.01 Å². The molecule has 0 radical (unpaired) electrons. The fourth-order valence-electron chi connectivity index (χ4n) is 2.08. The minimum absolute atomic E-state index is 0.101. The number of hydrazine groups is 1. The number of aryl methyl sites for hydroxylation is 1. The second kappa shape index (κ2) is 8.19. The molecule has 3 heterocycles. The van der Waals surface area contributed by atoms with Gasteiger partial charge < -0.3 is 9.05 Å². The second-order valence-corrected chi connectivity index (χ2v) is 5.89. The summed E-state index contributed by atoms with van der Waals surface area (Å²) in [6, 6.07) is 3.62. The Morgan fingerprint density at radius 2 is 1.96 bits per heavy atom. The van der Waals surface area contributed by atoms with Gasteiger partial charge in [-0.15, -0.1) is 0 Å². The van der Waals surface area contributed by atoms with E-state index >= 15 is 0 Å². The summed E-state index contributed by atoms with van der Waals surface area (Å²) in [6.07, 6.45) is 4.68. The molecule has 0 atom stereocenters. The Balaban J connectivity index is 1.41. The first kappa shape index (κ1) is 17.5. The van der Waals surface area contributed by atoms with Crippen molar-refractivity contribution < 1.29 is 13.8 Å². The fourth-order valence-corrected chi connectivity index (χ4v) is 2.08. The minimum atomic E-state index is -0.211. The Bertz CT molecular complexity index is 844. The van der Waals surface area contributed by atoms with Crippen LogP contribution in [0, 0.1) is 0 Å². The molecule has 0 aromatic carbocycles. The van der Waals surface area contributed by atoms with E-state index in [1.807, 2.05) is 13.8 Å². The number of nitrogens with zero attached hydrogens (tertiary/aromatic N) is 5. The number of hydrogen-bond donors (Lipinski definition) is 2. The first-order valence-electron chi connectivity index (χ1n) is 8.23. The molecule has 0 fully saturated rings. The maximum absolute atomic E-state index is 11.9. The smallest absolute Gasteiger partial charge is 0.339 e. The highest BCUT2D eigenvalue weighted by Crippen LogP contribution is 2.15. The van der Waals surface area contributed by atoms with Crippen LogP contribution in [-0.2, 0) is 11.2 Å². The van der Waals surface area contributed by atoms with Gasteiger partial charge in [-0.05, 0) is 18.6 Å². The van der Waals surface area contributed by atoms with Crippen LogP contribution in [0.5, 0.6) is 0 Å². The molecule has 0 spiro atoms. The lowest BCUT2D eigenvalue weighted by Crippen LogP contribution is -2.29. The van der Waals surface area contributed by atoms with Gasteiger partial charge >= 0.3 is 6.01 Å². The van der Waals surface area contributed by atoms with Gasteiger partial charge in [-0.25, -0.2) is 5.43 Å². The molecule has 0 aliphatic rings. The zero-order valence-corrected chi connectivity index (χ0v) is 14.5. The van der Waals surface area contributed by atoms with E-state index in [0.29, 0.717) is 30.4 Å². The van der Waals surface area contributed by atoms with Crippen molar-refractivity contribution in [3.05, 3.63) is 36.2 Å². The van der Waals surface area contributed by atoms with E-state index in [4.69, 9.17) is 9.05 Å². The van der Waals surface area contributed by atoms with Gasteiger partial charge in [0.05, 0.1) is 0 Å². The summed E-state index contributed by atoms with van der Waals surface area (Å²) in [6.45, 7) is 3.98. The lowest BCUT2D eigenvalue weighted by molar-refractivity contribution is -0.120. The highest BCUT2D eigenvalue weighted by atomic mass is 16.5. The molecular weight excluding hydrogens is 338 g/mol. The second-order valence-electron chi connectivity index (χ2n) is 5.89. The van der Waals surface area contributed by atoms with Gasteiger partial charge in [0.15, 0.2) is 5.82 Å². The van der Waals surface area contributed by atoms with Crippen LogP contribution in [0.2, 0.25) is 0 Å². The number of amides is 1. The zero-order valence-electron chi connectivity index (χ0n) is 14.5. The maximum atomic E-state index is 11.9. The average Bonchev–Trinajstić information content (AvgIpc) is 3.30. The van der Waals surface area contributed by atoms with Crippen molar-refractivity contribution in [2.75, 3.05) is 5.43 Å². The van der Waals surface area contributed by atoms with Crippen LogP contribution in [0.25, 0.3) is 11.4 Å². The van der Waals surface area contributed by atoms with Gasteiger partial charge in [0, 0.05) is 36.7 Å². The SMILES string of the molecule is CC(C)c1noc(CCCC(=O)NNc2nc(-c3ccncc3)no2)n1. The van der Waals surface area contributed by atoms with E-state index in [1.165, 1.54) is 0 Å². The molecule has 0 saturated carbocycles. The average molecular weight is 357 g/mol. The normalized spacial score (nSPS) is 10.9. The van der Waals surface area contributed by atoms with Crippen molar-refractivity contribution in [3.8, 4) is 11.4 Å². The number of anilines is 1. The van der Waals surface area contributed by atoms with Gasteiger partial charge in [0.25, 0.3) is 0 Å². The Morgan fingerprint density at radius 1 is 1.15 bits per heavy atom. The highest BCUT2D eigenvalue weighted by Gasteiger charge is 2.11. The van der Waals surface area contributed by atoms with Crippen LogP contribution in [0.3, 0.4) is 0 Å². The van der Waals surface area contributed by atoms with Crippen LogP contribution >= 0.6 is 0 Å². The Kier molecular flexibility index (Phi) is 5.52. The summed E-state index contributed by atoms with van der Waals surface area (Å²) in [7, 11) is 0. The third kappa shape index (κ3) is 4.62. The number of rotatable bonds is 8. The van der Waals surface area contributed by atoms with Crippen LogP contribution in [-0.4, -0.2) is 31.2 Å². The van der Waals surface area contributed by atoms with E-state index in [-0.39, 0.29) is 24.3 Å². The molecule has 3 rings (SSSR count). The maximum Gasteiger partial charge on any atom is 0.340 e.